The lowest BCUT2D eigenvalue weighted by Gasteiger charge is -2.32. The van der Waals surface area contributed by atoms with Gasteiger partial charge in [-0.25, -0.2) is 14.0 Å². The number of nitriles is 1. The van der Waals surface area contributed by atoms with Crippen molar-refractivity contribution in [3.63, 3.8) is 0 Å². The number of esters is 1. The number of urea groups is 1. The van der Waals surface area contributed by atoms with Gasteiger partial charge in [0, 0.05) is 30.9 Å². The number of anilines is 2. The van der Waals surface area contributed by atoms with Crippen molar-refractivity contribution in [1.29, 1.82) is 5.26 Å². The van der Waals surface area contributed by atoms with Crippen LogP contribution in [0.25, 0.3) is 10.9 Å². The molecule has 244 valence electrons. The first-order valence-electron chi connectivity index (χ1n) is 14.5. The van der Waals surface area contributed by atoms with E-state index in [1.807, 2.05) is 6.07 Å². The molecular formula is C31H34ClFN6O7. The number of nitrogens with one attached hydrogen (secondary N) is 2. The first-order valence-corrected chi connectivity index (χ1v) is 14.9. The highest BCUT2D eigenvalue weighted by molar-refractivity contribution is 6.32. The van der Waals surface area contributed by atoms with Crippen molar-refractivity contribution in [3.05, 3.63) is 67.6 Å². The van der Waals surface area contributed by atoms with Crippen molar-refractivity contribution in [2.24, 2.45) is 0 Å². The molecule has 3 aromatic rings. The van der Waals surface area contributed by atoms with Crippen molar-refractivity contribution >= 4 is 51.8 Å². The van der Waals surface area contributed by atoms with Crippen LogP contribution in [0.15, 0.2) is 39.9 Å². The maximum absolute atomic E-state index is 15.4. The topological polar surface area (TPSA) is 165 Å². The molecule has 1 aliphatic heterocycles. The molecule has 0 spiro atoms. The van der Waals surface area contributed by atoms with Crippen LogP contribution < -0.4 is 21.9 Å². The molecule has 0 bridgehead atoms. The number of carbonyl (C=O) groups excluding carboxylic acids is 3. The number of hydrogen-bond donors (Lipinski definition) is 2. The van der Waals surface area contributed by atoms with E-state index < -0.39 is 52.7 Å². The Hall–Kier alpha value is -4.74. The van der Waals surface area contributed by atoms with Gasteiger partial charge >= 0.3 is 17.7 Å². The first kappa shape index (κ1) is 34.1. The van der Waals surface area contributed by atoms with Gasteiger partial charge in [0.25, 0.3) is 11.5 Å². The summed E-state index contributed by atoms with van der Waals surface area (Å²) in [5.41, 5.74) is -1.95. The van der Waals surface area contributed by atoms with Gasteiger partial charge in [-0.1, -0.05) is 11.6 Å². The highest BCUT2D eigenvalue weighted by Gasteiger charge is 2.30. The molecule has 1 unspecified atom stereocenters. The summed E-state index contributed by atoms with van der Waals surface area (Å²) in [5.74, 6) is -2.05. The Morgan fingerprint density at radius 3 is 2.52 bits per heavy atom. The molecule has 4 rings (SSSR count). The van der Waals surface area contributed by atoms with Crippen LogP contribution in [0.1, 0.15) is 52.6 Å². The van der Waals surface area contributed by atoms with E-state index in [1.54, 1.807) is 34.6 Å². The number of ether oxygens (including phenoxy) is 2. The Labute approximate surface area is 268 Å². The summed E-state index contributed by atoms with van der Waals surface area (Å²) >= 11 is 6.04. The molecule has 1 saturated heterocycles. The number of nitrogens with zero attached hydrogens (tertiary/aromatic N) is 4. The SMILES string of the molecule is CC(C)n1c(=O)n(CCC(=O)OC(C)(C)C)c(=O)c2cc(NC(=O)N3CCOC(C(=O)Nc4ccc(C#N)c(Cl)c4)C3)c(F)cc21. The van der Waals surface area contributed by atoms with Gasteiger partial charge in [0.15, 0.2) is 6.10 Å². The normalized spacial score (nSPS) is 15.0. The average Bonchev–Trinajstić information content (AvgIpc) is 2.97. The number of aromatic nitrogens is 2. The third kappa shape index (κ3) is 7.72. The molecular weight excluding hydrogens is 623 g/mol. The molecule has 2 N–H and O–H groups in total. The van der Waals surface area contributed by atoms with E-state index in [1.165, 1.54) is 27.7 Å². The molecule has 1 fully saturated rings. The summed E-state index contributed by atoms with van der Waals surface area (Å²) in [4.78, 5) is 66.4. The number of rotatable bonds is 7. The minimum Gasteiger partial charge on any atom is -0.460 e. The Morgan fingerprint density at radius 1 is 1.17 bits per heavy atom. The van der Waals surface area contributed by atoms with E-state index in [2.05, 4.69) is 10.6 Å². The third-order valence-electron chi connectivity index (χ3n) is 6.98. The van der Waals surface area contributed by atoms with Crippen molar-refractivity contribution in [2.75, 3.05) is 30.3 Å². The van der Waals surface area contributed by atoms with Crippen LogP contribution in [-0.4, -0.2) is 63.3 Å². The molecule has 0 radical (unpaired) electrons. The quantitative estimate of drug-likeness (QED) is 0.360. The Kier molecular flexibility index (Phi) is 10.2. The molecule has 0 saturated carbocycles. The van der Waals surface area contributed by atoms with Crippen molar-refractivity contribution in [1.82, 2.24) is 14.0 Å². The zero-order valence-electron chi connectivity index (χ0n) is 26.0. The van der Waals surface area contributed by atoms with Crippen LogP contribution in [-0.2, 0) is 25.6 Å². The van der Waals surface area contributed by atoms with Crippen LogP contribution >= 0.6 is 11.6 Å². The number of hydrogen-bond acceptors (Lipinski definition) is 8. The second-order valence-corrected chi connectivity index (χ2v) is 12.3. The predicted molar refractivity (Wildman–Crippen MR) is 168 cm³/mol. The summed E-state index contributed by atoms with van der Waals surface area (Å²) < 4.78 is 28.3. The second-order valence-electron chi connectivity index (χ2n) is 11.9. The van der Waals surface area contributed by atoms with Crippen molar-refractivity contribution in [2.45, 2.75) is 65.3 Å². The van der Waals surface area contributed by atoms with Gasteiger partial charge in [0.2, 0.25) is 0 Å². The van der Waals surface area contributed by atoms with E-state index in [4.69, 9.17) is 26.3 Å². The van der Waals surface area contributed by atoms with E-state index in [9.17, 15) is 24.0 Å². The standard InChI is InChI=1S/C31H34ClFN6O7/c1-17(2)39-24-14-22(33)23(13-20(24)28(42)38(30(39)44)9-8-26(40)46-31(3,4)5)36-29(43)37-10-11-45-25(16-37)27(41)35-19-7-6-18(15-34)21(32)12-19/h6-7,12-14,17,25H,8-11,16H2,1-5H3,(H,35,41)(H,36,43). The molecule has 1 aliphatic rings. The lowest BCUT2D eigenvalue weighted by atomic mass is 10.1. The number of fused-ring (bicyclic) bond motifs is 1. The number of halogens is 2. The number of carbonyl (C=O) groups is 3. The van der Waals surface area contributed by atoms with Gasteiger partial charge in [0.05, 0.1) is 46.7 Å². The lowest BCUT2D eigenvalue weighted by Crippen LogP contribution is -2.51. The molecule has 2 heterocycles. The Balaban J connectivity index is 1.56. The van der Waals surface area contributed by atoms with Gasteiger partial charge in [0.1, 0.15) is 17.5 Å². The fourth-order valence-corrected chi connectivity index (χ4v) is 5.10. The largest absolute Gasteiger partial charge is 0.460 e. The van der Waals surface area contributed by atoms with Gasteiger partial charge in [-0.2, -0.15) is 5.26 Å². The van der Waals surface area contributed by atoms with Crippen LogP contribution in [0.2, 0.25) is 5.02 Å². The average molecular weight is 657 g/mol. The van der Waals surface area contributed by atoms with Crippen LogP contribution in [0.5, 0.6) is 0 Å². The number of benzene rings is 2. The van der Waals surface area contributed by atoms with Crippen LogP contribution in [0, 0.1) is 17.1 Å². The fourth-order valence-electron chi connectivity index (χ4n) is 4.88. The number of amides is 3. The summed E-state index contributed by atoms with van der Waals surface area (Å²) in [6.07, 6.45) is -1.31. The van der Waals surface area contributed by atoms with Crippen LogP contribution in [0.4, 0.5) is 20.6 Å². The molecule has 46 heavy (non-hydrogen) atoms. The summed E-state index contributed by atoms with van der Waals surface area (Å²) in [5, 5.41) is 14.2. The minimum atomic E-state index is -1.06. The summed E-state index contributed by atoms with van der Waals surface area (Å²) in [6.45, 7) is 8.16. The molecule has 1 atom stereocenters. The van der Waals surface area contributed by atoms with E-state index >= 15 is 4.39 Å². The molecule has 3 amide bonds. The predicted octanol–water partition coefficient (Wildman–Crippen LogP) is 4.01. The Morgan fingerprint density at radius 2 is 1.89 bits per heavy atom. The van der Waals surface area contributed by atoms with Crippen LogP contribution in [0.3, 0.4) is 0 Å². The van der Waals surface area contributed by atoms with E-state index in [-0.39, 0.29) is 59.8 Å². The summed E-state index contributed by atoms with van der Waals surface area (Å²) in [6, 6.07) is 7.23. The van der Waals surface area contributed by atoms with Gasteiger partial charge < -0.3 is 25.0 Å². The van der Waals surface area contributed by atoms with E-state index in [0.717, 1.165) is 16.7 Å². The smallest absolute Gasteiger partial charge is 0.331 e. The fraction of sp³-hybridized carbons (Fsp3) is 0.419. The highest BCUT2D eigenvalue weighted by atomic mass is 35.5. The zero-order valence-corrected chi connectivity index (χ0v) is 26.7. The minimum absolute atomic E-state index is 0.0167. The maximum Gasteiger partial charge on any atom is 0.331 e. The molecule has 13 nitrogen and oxygen atoms in total. The zero-order chi connectivity index (χ0) is 33.9. The number of morpholine rings is 1. The van der Waals surface area contributed by atoms with Gasteiger partial charge in [-0.15, -0.1) is 0 Å². The third-order valence-corrected chi connectivity index (χ3v) is 7.29. The second kappa shape index (κ2) is 13.7. The monoisotopic (exact) mass is 656 g/mol. The van der Waals surface area contributed by atoms with Crippen molar-refractivity contribution in [3.8, 4) is 6.07 Å². The van der Waals surface area contributed by atoms with E-state index in [0.29, 0.717) is 5.69 Å². The first-order chi connectivity index (χ1) is 21.6. The Bertz CT molecular complexity index is 1860. The summed E-state index contributed by atoms with van der Waals surface area (Å²) in [7, 11) is 0. The molecule has 1 aromatic heterocycles. The molecule has 2 aromatic carbocycles. The molecule has 15 heteroatoms. The van der Waals surface area contributed by atoms with Gasteiger partial charge in [-0.3, -0.25) is 23.5 Å². The van der Waals surface area contributed by atoms with Crippen molar-refractivity contribution < 1.29 is 28.2 Å². The van der Waals surface area contributed by atoms with Gasteiger partial charge in [-0.05, 0) is 58.9 Å². The maximum atomic E-state index is 15.4. The highest BCUT2D eigenvalue weighted by Crippen LogP contribution is 2.24. The lowest BCUT2D eigenvalue weighted by molar-refractivity contribution is -0.155. The molecule has 0 aliphatic carbocycles.